The Balaban J connectivity index is 1.57. The molecular formula is C17H22N4O3S2. The zero-order chi connectivity index (χ0) is 18.7. The van der Waals surface area contributed by atoms with Crippen LogP contribution in [-0.4, -0.2) is 46.3 Å². The zero-order valence-corrected chi connectivity index (χ0v) is 16.4. The van der Waals surface area contributed by atoms with Crippen molar-refractivity contribution in [2.24, 2.45) is 7.05 Å². The molecule has 1 atom stereocenters. The number of sulfone groups is 1. The van der Waals surface area contributed by atoms with Crippen molar-refractivity contribution < 1.29 is 13.2 Å². The summed E-state index contributed by atoms with van der Waals surface area (Å²) in [6.45, 7) is 2.08. The minimum absolute atomic E-state index is 0.113. The van der Waals surface area contributed by atoms with Crippen LogP contribution in [0.1, 0.15) is 30.7 Å². The van der Waals surface area contributed by atoms with Gasteiger partial charge in [-0.25, -0.2) is 8.42 Å². The van der Waals surface area contributed by atoms with Crippen molar-refractivity contribution in [3.63, 3.8) is 0 Å². The molecule has 9 heteroatoms. The molecule has 1 amide bonds. The summed E-state index contributed by atoms with van der Waals surface area (Å²) in [4.78, 5) is 12.1. The van der Waals surface area contributed by atoms with Gasteiger partial charge in [-0.15, -0.1) is 10.2 Å². The number of hydrogen-bond acceptors (Lipinski definition) is 6. The Hall–Kier alpha value is -1.87. The molecule has 0 spiro atoms. The van der Waals surface area contributed by atoms with Crippen LogP contribution in [-0.2, 0) is 28.1 Å². The molecule has 1 saturated heterocycles. The Morgan fingerprint density at radius 3 is 2.65 bits per heavy atom. The third-order valence-corrected chi connectivity index (χ3v) is 7.23. The van der Waals surface area contributed by atoms with Crippen LogP contribution in [0, 0.1) is 0 Å². The second kappa shape index (κ2) is 7.79. The number of benzene rings is 1. The summed E-state index contributed by atoms with van der Waals surface area (Å²) in [5.74, 6) is 0.975. The largest absolute Gasteiger partial charge is 0.325 e. The summed E-state index contributed by atoms with van der Waals surface area (Å²) in [6.07, 6.45) is 1.54. The molecule has 2 aromatic rings. The summed E-state index contributed by atoms with van der Waals surface area (Å²) < 4.78 is 25.1. The highest BCUT2D eigenvalue weighted by Crippen LogP contribution is 2.29. The molecule has 1 unspecified atom stereocenters. The molecule has 1 aromatic heterocycles. The van der Waals surface area contributed by atoms with Gasteiger partial charge in [-0.2, -0.15) is 0 Å². The first kappa shape index (κ1) is 18.9. The number of thioether (sulfide) groups is 1. The lowest BCUT2D eigenvalue weighted by atomic mass is 10.1. The summed E-state index contributed by atoms with van der Waals surface area (Å²) >= 11 is 1.29. The van der Waals surface area contributed by atoms with Gasteiger partial charge in [0.1, 0.15) is 5.82 Å². The first-order chi connectivity index (χ1) is 12.4. The third kappa shape index (κ3) is 4.45. The van der Waals surface area contributed by atoms with Crippen LogP contribution in [0.3, 0.4) is 0 Å². The number of carbonyl (C=O) groups excluding carboxylic acids is 1. The summed E-state index contributed by atoms with van der Waals surface area (Å²) in [7, 11) is -1.16. The van der Waals surface area contributed by atoms with Crippen LogP contribution >= 0.6 is 11.8 Å². The number of nitrogens with one attached hydrogen (secondary N) is 1. The standard InChI is InChI=1S/C17H22N4O3S2/c1-3-12-4-6-14(7-5-12)18-15(22)10-25-17-20-19-16(21(17)2)13-8-9-26(23,24)11-13/h4-7,13H,3,8-11H2,1-2H3,(H,18,22). The van der Waals surface area contributed by atoms with Crippen molar-refractivity contribution in [1.82, 2.24) is 14.8 Å². The lowest BCUT2D eigenvalue weighted by Crippen LogP contribution is -2.14. The van der Waals surface area contributed by atoms with E-state index in [0.717, 1.165) is 12.1 Å². The monoisotopic (exact) mass is 394 g/mol. The maximum Gasteiger partial charge on any atom is 0.234 e. The van der Waals surface area contributed by atoms with Gasteiger partial charge in [-0.1, -0.05) is 30.8 Å². The fourth-order valence-electron chi connectivity index (χ4n) is 2.96. The molecule has 1 fully saturated rings. The van der Waals surface area contributed by atoms with E-state index >= 15 is 0 Å². The second-order valence-electron chi connectivity index (χ2n) is 6.39. The topological polar surface area (TPSA) is 94.0 Å². The molecule has 140 valence electrons. The summed E-state index contributed by atoms with van der Waals surface area (Å²) in [6, 6.07) is 7.77. The van der Waals surface area contributed by atoms with Crippen molar-refractivity contribution >= 4 is 33.2 Å². The lowest BCUT2D eigenvalue weighted by molar-refractivity contribution is -0.113. The highest BCUT2D eigenvalue weighted by molar-refractivity contribution is 7.99. The van der Waals surface area contributed by atoms with Gasteiger partial charge in [0, 0.05) is 18.7 Å². The molecular weight excluding hydrogens is 372 g/mol. The predicted molar refractivity (Wildman–Crippen MR) is 102 cm³/mol. The van der Waals surface area contributed by atoms with Gasteiger partial charge < -0.3 is 9.88 Å². The van der Waals surface area contributed by atoms with Crippen LogP contribution in [0.4, 0.5) is 5.69 Å². The van der Waals surface area contributed by atoms with E-state index in [1.54, 1.807) is 4.57 Å². The Kier molecular flexibility index (Phi) is 5.67. The van der Waals surface area contributed by atoms with Crippen molar-refractivity contribution in [2.45, 2.75) is 30.8 Å². The number of aromatic nitrogens is 3. The van der Waals surface area contributed by atoms with Crippen molar-refractivity contribution in [2.75, 3.05) is 22.6 Å². The first-order valence-electron chi connectivity index (χ1n) is 8.49. The number of anilines is 1. The zero-order valence-electron chi connectivity index (χ0n) is 14.8. The average molecular weight is 395 g/mol. The van der Waals surface area contributed by atoms with Gasteiger partial charge in [0.05, 0.1) is 17.3 Å². The second-order valence-corrected chi connectivity index (χ2v) is 9.56. The fraction of sp³-hybridized carbons (Fsp3) is 0.471. The molecule has 0 saturated carbocycles. The van der Waals surface area contributed by atoms with E-state index in [9.17, 15) is 13.2 Å². The molecule has 0 aliphatic carbocycles. The minimum atomic E-state index is -2.97. The molecule has 7 nitrogen and oxygen atoms in total. The molecule has 1 aliphatic heterocycles. The molecule has 0 bridgehead atoms. The lowest BCUT2D eigenvalue weighted by Gasteiger charge is -2.08. The highest BCUT2D eigenvalue weighted by atomic mass is 32.2. The molecule has 1 N–H and O–H groups in total. The average Bonchev–Trinajstić information content (AvgIpc) is 3.15. The molecule has 3 rings (SSSR count). The molecule has 26 heavy (non-hydrogen) atoms. The van der Waals surface area contributed by atoms with E-state index < -0.39 is 9.84 Å². The van der Waals surface area contributed by atoms with Gasteiger partial charge in [-0.3, -0.25) is 4.79 Å². The quantitative estimate of drug-likeness (QED) is 0.753. The summed E-state index contributed by atoms with van der Waals surface area (Å²) in [5.41, 5.74) is 1.99. The third-order valence-electron chi connectivity index (χ3n) is 4.44. The summed E-state index contributed by atoms with van der Waals surface area (Å²) in [5, 5.41) is 11.7. The maximum absolute atomic E-state index is 12.1. The van der Waals surface area contributed by atoms with E-state index in [4.69, 9.17) is 0 Å². The van der Waals surface area contributed by atoms with Gasteiger partial charge in [0.2, 0.25) is 5.91 Å². The minimum Gasteiger partial charge on any atom is -0.325 e. The van der Waals surface area contributed by atoms with Gasteiger partial charge in [-0.05, 0) is 30.5 Å². The Bertz CT molecular complexity index is 891. The Morgan fingerprint density at radius 1 is 1.31 bits per heavy atom. The van der Waals surface area contributed by atoms with E-state index in [1.165, 1.54) is 17.3 Å². The number of carbonyl (C=O) groups is 1. The van der Waals surface area contributed by atoms with Crippen LogP contribution in [0.2, 0.25) is 0 Å². The van der Waals surface area contributed by atoms with Crippen LogP contribution in [0.25, 0.3) is 0 Å². The Morgan fingerprint density at radius 2 is 2.04 bits per heavy atom. The van der Waals surface area contributed by atoms with Crippen molar-refractivity contribution in [3.8, 4) is 0 Å². The van der Waals surface area contributed by atoms with Crippen LogP contribution in [0.5, 0.6) is 0 Å². The number of nitrogens with zero attached hydrogens (tertiary/aromatic N) is 3. The SMILES string of the molecule is CCc1ccc(NC(=O)CSc2nnc(C3CCS(=O)(=O)C3)n2C)cc1. The van der Waals surface area contributed by atoms with Crippen molar-refractivity contribution in [1.29, 1.82) is 0 Å². The smallest absolute Gasteiger partial charge is 0.234 e. The number of aryl methyl sites for hydroxylation is 1. The van der Waals surface area contributed by atoms with Gasteiger partial charge in [0.15, 0.2) is 15.0 Å². The van der Waals surface area contributed by atoms with Crippen molar-refractivity contribution in [3.05, 3.63) is 35.7 Å². The first-order valence-corrected chi connectivity index (χ1v) is 11.3. The maximum atomic E-state index is 12.1. The molecule has 1 aliphatic rings. The van der Waals surface area contributed by atoms with E-state index in [-0.39, 0.29) is 29.1 Å². The number of rotatable bonds is 6. The van der Waals surface area contributed by atoms with E-state index in [1.807, 2.05) is 31.3 Å². The fourth-order valence-corrected chi connectivity index (χ4v) is 5.41. The van der Waals surface area contributed by atoms with Crippen LogP contribution < -0.4 is 5.32 Å². The highest BCUT2D eigenvalue weighted by Gasteiger charge is 2.32. The van der Waals surface area contributed by atoms with Crippen LogP contribution in [0.15, 0.2) is 29.4 Å². The van der Waals surface area contributed by atoms with E-state index in [0.29, 0.717) is 17.4 Å². The molecule has 0 radical (unpaired) electrons. The number of amides is 1. The van der Waals surface area contributed by atoms with Gasteiger partial charge in [0.25, 0.3) is 0 Å². The number of hydrogen-bond donors (Lipinski definition) is 1. The molecule has 1 aromatic carbocycles. The Labute approximate surface area is 157 Å². The molecule has 2 heterocycles. The normalized spacial score (nSPS) is 18.8. The van der Waals surface area contributed by atoms with Gasteiger partial charge >= 0.3 is 0 Å². The van der Waals surface area contributed by atoms with E-state index in [2.05, 4.69) is 22.4 Å². The predicted octanol–water partition coefficient (Wildman–Crippen LogP) is 2.01.